The minimum Gasteiger partial charge on any atom is -0.356 e. The van der Waals surface area contributed by atoms with E-state index in [4.69, 9.17) is 0 Å². The van der Waals surface area contributed by atoms with Crippen molar-refractivity contribution in [2.45, 2.75) is 26.8 Å². The van der Waals surface area contributed by atoms with Gasteiger partial charge in [-0.2, -0.15) is 0 Å². The molecule has 0 atom stereocenters. The molecule has 0 bridgehead atoms. The second-order valence-electron chi connectivity index (χ2n) is 5.40. The second kappa shape index (κ2) is 8.32. The molecule has 0 aliphatic heterocycles. The summed E-state index contributed by atoms with van der Waals surface area (Å²) in [4.78, 5) is 14.2. The topological polar surface area (TPSA) is 41.1 Å². The van der Waals surface area contributed by atoms with Gasteiger partial charge in [-0.25, -0.2) is 0 Å². The average molecular weight is 322 g/mol. The maximum atomic E-state index is 11.6. The molecular weight excluding hydrogens is 300 g/mol. The Morgan fingerprint density at radius 1 is 1.33 bits per heavy atom. The van der Waals surface area contributed by atoms with E-state index in [9.17, 15) is 4.79 Å². The van der Waals surface area contributed by atoms with Gasteiger partial charge in [-0.05, 0) is 28.8 Å². The fourth-order valence-electron chi connectivity index (χ4n) is 1.87. The van der Waals surface area contributed by atoms with Crippen molar-refractivity contribution in [3.8, 4) is 10.4 Å². The molecule has 0 radical (unpaired) electrons. The Balaban J connectivity index is 1.66. The Labute approximate surface area is 134 Å². The maximum absolute atomic E-state index is 11.6. The molecule has 2 heterocycles. The summed E-state index contributed by atoms with van der Waals surface area (Å²) in [5.74, 6) is 0.630. The quantitative estimate of drug-likeness (QED) is 0.727. The van der Waals surface area contributed by atoms with Crippen LogP contribution in [-0.4, -0.2) is 19.0 Å². The normalized spacial score (nSPS) is 11.0. The van der Waals surface area contributed by atoms with E-state index in [-0.39, 0.29) is 5.91 Å². The van der Waals surface area contributed by atoms with E-state index >= 15 is 0 Å². The molecule has 5 heteroatoms. The molecule has 3 nitrogen and oxygen atoms in total. The molecule has 0 aliphatic carbocycles. The predicted octanol–water partition coefficient (Wildman–Crippen LogP) is 3.73. The van der Waals surface area contributed by atoms with Crippen molar-refractivity contribution in [2.24, 2.45) is 5.92 Å². The number of carbonyl (C=O) groups is 1. The van der Waals surface area contributed by atoms with Crippen LogP contribution in [0.4, 0.5) is 0 Å². The van der Waals surface area contributed by atoms with Crippen LogP contribution in [0.15, 0.2) is 29.0 Å². The number of hydrogen-bond acceptors (Lipinski definition) is 4. The van der Waals surface area contributed by atoms with E-state index in [1.807, 2.05) is 0 Å². The maximum Gasteiger partial charge on any atom is 0.221 e. The first-order chi connectivity index (χ1) is 10.1. The van der Waals surface area contributed by atoms with Crippen molar-refractivity contribution in [1.29, 1.82) is 0 Å². The van der Waals surface area contributed by atoms with Crippen LogP contribution in [-0.2, 0) is 11.3 Å². The first kappa shape index (κ1) is 16.2. The number of nitrogens with one attached hydrogen (secondary N) is 2. The molecule has 0 aliphatic rings. The fraction of sp³-hybridized carbons (Fsp3) is 0.438. The Morgan fingerprint density at radius 2 is 2.19 bits per heavy atom. The number of amides is 1. The first-order valence-corrected chi connectivity index (χ1v) is 9.00. The SMILES string of the molecule is CC(C)CNC(=O)CCNCc1cc(-c2cccs2)cs1. The first-order valence-electron chi connectivity index (χ1n) is 7.24. The highest BCUT2D eigenvalue weighted by Crippen LogP contribution is 2.29. The highest BCUT2D eigenvalue weighted by Gasteiger charge is 2.04. The van der Waals surface area contributed by atoms with Crippen LogP contribution < -0.4 is 10.6 Å². The van der Waals surface area contributed by atoms with Crippen molar-refractivity contribution in [2.75, 3.05) is 13.1 Å². The zero-order chi connectivity index (χ0) is 15.1. The monoisotopic (exact) mass is 322 g/mol. The molecular formula is C16H22N2OS2. The minimum atomic E-state index is 0.127. The lowest BCUT2D eigenvalue weighted by Gasteiger charge is -2.07. The van der Waals surface area contributed by atoms with E-state index < -0.39 is 0 Å². The third-order valence-electron chi connectivity index (χ3n) is 2.99. The smallest absolute Gasteiger partial charge is 0.221 e. The molecule has 114 valence electrons. The average Bonchev–Trinajstić information content (AvgIpc) is 3.11. The highest BCUT2D eigenvalue weighted by molar-refractivity contribution is 7.14. The number of hydrogen-bond donors (Lipinski definition) is 2. The summed E-state index contributed by atoms with van der Waals surface area (Å²) >= 11 is 3.53. The van der Waals surface area contributed by atoms with Crippen molar-refractivity contribution < 1.29 is 4.79 Å². The van der Waals surface area contributed by atoms with Gasteiger partial charge in [-0.3, -0.25) is 4.79 Å². The van der Waals surface area contributed by atoms with Crippen molar-refractivity contribution in [3.05, 3.63) is 33.8 Å². The van der Waals surface area contributed by atoms with Gasteiger partial charge in [0, 0.05) is 41.4 Å². The molecule has 0 spiro atoms. The molecule has 0 unspecified atom stereocenters. The molecule has 2 rings (SSSR count). The van der Waals surface area contributed by atoms with Gasteiger partial charge in [-0.1, -0.05) is 19.9 Å². The van der Waals surface area contributed by atoms with E-state index in [0.29, 0.717) is 12.3 Å². The summed E-state index contributed by atoms with van der Waals surface area (Å²) in [7, 11) is 0. The van der Waals surface area contributed by atoms with Gasteiger partial charge in [0.25, 0.3) is 0 Å². The predicted molar refractivity (Wildman–Crippen MR) is 91.8 cm³/mol. The lowest BCUT2D eigenvalue weighted by molar-refractivity contribution is -0.121. The third-order valence-corrected chi connectivity index (χ3v) is 4.85. The Kier molecular flexibility index (Phi) is 6.42. The fourth-order valence-corrected chi connectivity index (χ4v) is 3.51. The Hall–Kier alpha value is -1.17. The van der Waals surface area contributed by atoms with Gasteiger partial charge in [0.2, 0.25) is 5.91 Å². The van der Waals surface area contributed by atoms with Gasteiger partial charge < -0.3 is 10.6 Å². The zero-order valence-corrected chi connectivity index (χ0v) is 14.2. The van der Waals surface area contributed by atoms with E-state index in [1.54, 1.807) is 22.7 Å². The van der Waals surface area contributed by atoms with Gasteiger partial charge in [0.05, 0.1) is 0 Å². The van der Waals surface area contributed by atoms with Crippen molar-refractivity contribution >= 4 is 28.6 Å². The van der Waals surface area contributed by atoms with Gasteiger partial charge >= 0.3 is 0 Å². The third kappa shape index (κ3) is 5.61. The van der Waals surface area contributed by atoms with Crippen LogP contribution >= 0.6 is 22.7 Å². The van der Waals surface area contributed by atoms with Gasteiger partial charge in [-0.15, -0.1) is 22.7 Å². The molecule has 0 saturated carbocycles. The molecule has 0 aromatic carbocycles. The van der Waals surface area contributed by atoms with Crippen LogP contribution in [0.25, 0.3) is 10.4 Å². The lowest BCUT2D eigenvalue weighted by Crippen LogP contribution is -2.30. The molecule has 1 amide bonds. The summed E-state index contributed by atoms with van der Waals surface area (Å²) in [5.41, 5.74) is 1.29. The molecule has 2 aromatic heterocycles. The van der Waals surface area contributed by atoms with Crippen LogP contribution in [0, 0.1) is 5.92 Å². The van der Waals surface area contributed by atoms with Crippen LogP contribution in [0.3, 0.4) is 0 Å². The van der Waals surface area contributed by atoms with Crippen molar-refractivity contribution in [1.82, 2.24) is 10.6 Å². The van der Waals surface area contributed by atoms with E-state index in [0.717, 1.165) is 19.6 Å². The summed E-state index contributed by atoms with van der Waals surface area (Å²) in [6.07, 6.45) is 0.538. The number of rotatable bonds is 8. The Morgan fingerprint density at radius 3 is 2.90 bits per heavy atom. The number of thiophene rings is 2. The summed E-state index contributed by atoms with van der Waals surface area (Å²) in [6.45, 7) is 6.50. The Bertz CT molecular complexity index is 546. The summed E-state index contributed by atoms with van der Waals surface area (Å²) in [6, 6.07) is 6.44. The van der Waals surface area contributed by atoms with Crippen LogP contribution in [0.1, 0.15) is 25.1 Å². The highest BCUT2D eigenvalue weighted by atomic mass is 32.1. The standard InChI is InChI=1S/C16H22N2OS2/c1-12(2)9-18-16(19)5-6-17-10-14-8-13(11-21-14)15-4-3-7-20-15/h3-4,7-8,11-12,17H,5-6,9-10H2,1-2H3,(H,18,19). The summed E-state index contributed by atoms with van der Waals surface area (Å²) in [5, 5.41) is 10.6. The van der Waals surface area contributed by atoms with E-state index in [2.05, 4.69) is 53.4 Å². The second-order valence-corrected chi connectivity index (χ2v) is 7.35. The minimum absolute atomic E-state index is 0.127. The molecule has 2 N–H and O–H groups in total. The number of carbonyl (C=O) groups excluding carboxylic acids is 1. The van der Waals surface area contributed by atoms with Crippen molar-refractivity contribution in [3.63, 3.8) is 0 Å². The van der Waals surface area contributed by atoms with Crippen LogP contribution in [0.2, 0.25) is 0 Å². The molecule has 0 fully saturated rings. The zero-order valence-electron chi connectivity index (χ0n) is 12.5. The van der Waals surface area contributed by atoms with Crippen LogP contribution in [0.5, 0.6) is 0 Å². The lowest BCUT2D eigenvalue weighted by atomic mass is 10.2. The molecule has 2 aromatic rings. The molecule has 0 saturated heterocycles. The van der Waals surface area contributed by atoms with E-state index in [1.165, 1.54) is 15.3 Å². The summed E-state index contributed by atoms with van der Waals surface area (Å²) < 4.78 is 0. The molecule has 21 heavy (non-hydrogen) atoms. The van der Waals surface area contributed by atoms with Gasteiger partial charge in [0.15, 0.2) is 0 Å². The van der Waals surface area contributed by atoms with Gasteiger partial charge in [0.1, 0.15) is 0 Å². The largest absolute Gasteiger partial charge is 0.356 e.